The lowest BCUT2D eigenvalue weighted by atomic mass is 9.86. The number of piperidine rings is 2. The third-order valence-electron chi connectivity index (χ3n) is 11.4. The molecule has 0 radical (unpaired) electrons. The molecule has 0 bridgehead atoms. The zero-order valence-corrected chi connectivity index (χ0v) is 33.0. The number of carbonyl (C=O) groups is 3. The van der Waals surface area contributed by atoms with E-state index in [-0.39, 0.29) is 66.4 Å². The monoisotopic (exact) mass is 848 g/mol. The van der Waals surface area contributed by atoms with Gasteiger partial charge >= 0.3 is 6.18 Å². The highest BCUT2D eigenvalue weighted by Gasteiger charge is 2.40. The number of piperazine rings is 1. The Kier molecular flexibility index (Phi) is 12.0. The van der Waals surface area contributed by atoms with Crippen molar-refractivity contribution in [2.75, 3.05) is 54.4 Å². The Balaban J connectivity index is 0.904. The zero-order valence-electron chi connectivity index (χ0n) is 32.2. The number of hydrogen-bond donors (Lipinski definition) is 4. The second-order valence-corrected chi connectivity index (χ2v) is 17.8. The lowest BCUT2D eigenvalue weighted by Crippen LogP contribution is -2.52. The second-order valence-electron chi connectivity index (χ2n) is 16.0. The van der Waals surface area contributed by atoms with Crippen LogP contribution in [0.2, 0.25) is 0 Å². The summed E-state index contributed by atoms with van der Waals surface area (Å²) in [5.41, 5.74) is -2.03. The molecule has 3 amide bonds. The predicted molar refractivity (Wildman–Crippen MR) is 205 cm³/mol. The second kappa shape index (κ2) is 16.7. The van der Waals surface area contributed by atoms with E-state index in [1.54, 1.807) is 6.07 Å². The largest absolute Gasteiger partial charge is 0.421 e. The fourth-order valence-electron chi connectivity index (χ4n) is 8.38. The van der Waals surface area contributed by atoms with Crippen LogP contribution < -0.4 is 25.2 Å². The average molecular weight is 849 g/mol. The molecule has 3 saturated heterocycles. The fourth-order valence-corrected chi connectivity index (χ4v) is 9.70. The highest BCUT2D eigenvalue weighted by atomic mass is 32.2. The minimum Gasteiger partial charge on any atom is -0.388 e. The first-order valence-electron chi connectivity index (χ1n) is 19.5. The Morgan fingerprint density at radius 2 is 1.75 bits per heavy atom. The molecule has 2 atom stereocenters. The molecule has 2 aromatic carbocycles. The zero-order chi connectivity index (χ0) is 42.3. The number of aromatic nitrogens is 2. The van der Waals surface area contributed by atoms with Crippen molar-refractivity contribution in [2.45, 2.75) is 86.9 Å². The van der Waals surface area contributed by atoms with Crippen molar-refractivity contribution in [3.8, 4) is 0 Å². The number of hydrogen-bond acceptors (Lipinski definition) is 11. The summed E-state index contributed by atoms with van der Waals surface area (Å²) in [5.74, 6) is -4.14. The van der Waals surface area contributed by atoms with Gasteiger partial charge in [0.05, 0.1) is 28.6 Å². The topological polar surface area (TPSA) is 177 Å². The van der Waals surface area contributed by atoms with E-state index in [2.05, 4.69) is 25.3 Å². The number of sulfonamides is 1. The maximum atomic E-state index is 15.3. The summed E-state index contributed by atoms with van der Waals surface area (Å²) >= 11 is 0. The summed E-state index contributed by atoms with van der Waals surface area (Å²) in [5, 5.41) is 15.3. The van der Waals surface area contributed by atoms with Gasteiger partial charge in [-0.1, -0.05) is 6.07 Å². The minimum atomic E-state index is -4.79. The lowest BCUT2D eigenvalue weighted by molar-refractivity contribution is -0.138. The van der Waals surface area contributed by atoms with Gasteiger partial charge in [-0.3, -0.25) is 24.6 Å². The Bertz CT molecular complexity index is 2220. The molecule has 0 spiro atoms. The van der Waals surface area contributed by atoms with E-state index >= 15 is 8.78 Å². The maximum absolute atomic E-state index is 15.3. The molecule has 3 aromatic rings. The van der Waals surface area contributed by atoms with Crippen LogP contribution in [-0.2, 0) is 30.6 Å². The standard InChI is InChI=1S/C39H45F5N8O6S/c1-38(56)13-2-14-51(22-38)35-29(39(42,43)44)19-45-37(48-35)46-32-11-8-26(18-31(32)41)59(57,58)49-24-5-3-23(4-6-24)20-50-15-16-52(34(54)21-50)25-7-9-27(30(40)17-25)28-10-12-33(53)47-36(28)55/h7-9,11,17-19,23-24,28,49,56H,2-6,10,12-16,20-22H2,1H3,(H,45,46,48)(H,47,53,55)/t23?,24?,28?,38-/m0/s1. The van der Waals surface area contributed by atoms with Crippen LogP contribution >= 0.6 is 0 Å². The van der Waals surface area contributed by atoms with Crippen LogP contribution in [0.5, 0.6) is 0 Å². The van der Waals surface area contributed by atoms with Gasteiger partial charge in [0.1, 0.15) is 23.0 Å². The van der Waals surface area contributed by atoms with E-state index in [0.717, 1.165) is 12.1 Å². The molecule has 14 nitrogen and oxygen atoms in total. The average Bonchev–Trinajstić information content (AvgIpc) is 3.16. The summed E-state index contributed by atoms with van der Waals surface area (Å²) < 4.78 is 101. The van der Waals surface area contributed by atoms with Crippen molar-refractivity contribution in [3.05, 3.63) is 65.4 Å². The van der Waals surface area contributed by atoms with Gasteiger partial charge in [0.25, 0.3) is 0 Å². The molecule has 59 heavy (non-hydrogen) atoms. The maximum Gasteiger partial charge on any atom is 0.421 e. The number of halogens is 5. The Morgan fingerprint density at radius 3 is 2.41 bits per heavy atom. The Labute approximate surface area is 337 Å². The summed E-state index contributed by atoms with van der Waals surface area (Å²) in [7, 11) is -4.15. The van der Waals surface area contributed by atoms with Crippen LogP contribution in [0.25, 0.3) is 0 Å². The molecule has 7 rings (SSSR count). The van der Waals surface area contributed by atoms with Gasteiger partial charge in [0, 0.05) is 62.6 Å². The SMILES string of the molecule is C[C@]1(O)CCCN(c2nc(Nc3ccc(S(=O)(=O)NC4CCC(CN5CCN(c6ccc(C7CCC(=O)NC7=O)c(F)c6)C(=O)C5)CC4)cc3F)ncc2C(F)(F)F)C1. The van der Waals surface area contributed by atoms with Crippen molar-refractivity contribution in [2.24, 2.45) is 5.92 Å². The fraction of sp³-hybridized carbons (Fsp3) is 0.513. The number of carbonyl (C=O) groups excluding carboxylic acids is 3. The van der Waals surface area contributed by atoms with Crippen molar-refractivity contribution < 1.29 is 49.9 Å². The number of β-amino-alcohol motifs (C(OH)–C–C–N with tert-alkyl or cyclic N) is 1. The predicted octanol–water partition coefficient (Wildman–Crippen LogP) is 4.57. The molecule has 1 aromatic heterocycles. The molecule has 20 heteroatoms. The van der Waals surface area contributed by atoms with Crippen LogP contribution in [0, 0.1) is 17.6 Å². The van der Waals surface area contributed by atoms with Gasteiger partial charge in [-0.25, -0.2) is 26.9 Å². The number of aliphatic hydroxyl groups is 1. The first kappa shape index (κ1) is 42.3. The van der Waals surface area contributed by atoms with E-state index in [9.17, 15) is 41.1 Å². The molecule has 4 fully saturated rings. The highest BCUT2D eigenvalue weighted by molar-refractivity contribution is 7.89. The summed E-state index contributed by atoms with van der Waals surface area (Å²) in [6, 6.07) is 7.04. The van der Waals surface area contributed by atoms with Crippen LogP contribution in [-0.4, -0.2) is 97.0 Å². The third-order valence-corrected chi connectivity index (χ3v) is 13.0. The van der Waals surface area contributed by atoms with E-state index in [1.165, 1.54) is 34.9 Å². The van der Waals surface area contributed by atoms with Gasteiger partial charge in [0.2, 0.25) is 33.7 Å². The van der Waals surface area contributed by atoms with Crippen molar-refractivity contribution in [1.82, 2.24) is 24.9 Å². The number of imide groups is 1. The van der Waals surface area contributed by atoms with E-state index in [1.807, 2.05) is 4.90 Å². The van der Waals surface area contributed by atoms with Crippen LogP contribution in [0.4, 0.5) is 45.1 Å². The Morgan fingerprint density at radius 1 is 0.983 bits per heavy atom. The Hall–Kier alpha value is -4.79. The van der Waals surface area contributed by atoms with Gasteiger partial charge in [-0.2, -0.15) is 18.2 Å². The summed E-state index contributed by atoms with van der Waals surface area (Å²) in [4.78, 5) is 49.1. The van der Waals surface area contributed by atoms with Crippen LogP contribution in [0.15, 0.2) is 47.5 Å². The molecular weight excluding hydrogens is 804 g/mol. The third kappa shape index (κ3) is 9.82. The molecule has 3 aliphatic heterocycles. The lowest BCUT2D eigenvalue weighted by Gasteiger charge is -2.38. The van der Waals surface area contributed by atoms with E-state index < -0.39 is 68.6 Å². The number of rotatable bonds is 10. The smallest absolute Gasteiger partial charge is 0.388 e. The molecule has 4 aliphatic rings. The molecular formula is C39H45F5N8O6S. The number of nitrogens with one attached hydrogen (secondary N) is 3. The van der Waals surface area contributed by atoms with Gasteiger partial charge < -0.3 is 20.2 Å². The van der Waals surface area contributed by atoms with Crippen LogP contribution in [0.1, 0.15) is 75.3 Å². The number of alkyl halides is 3. The van der Waals surface area contributed by atoms with E-state index in [4.69, 9.17) is 0 Å². The van der Waals surface area contributed by atoms with Crippen molar-refractivity contribution >= 4 is 50.9 Å². The first-order chi connectivity index (χ1) is 27.8. The molecule has 318 valence electrons. The highest BCUT2D eigenvalue weighted by Crippen LogP contribution is 2.38. The number of nitrogens with zero attached hydrogens (tertiary/aromatic N) is 5. The molecule has 1 saturated carbocycles. The van der Waals surface area contributed by atoms with E-state index in [0.29, 0.717) is 70.0 Å². The number of amides is 3. The van der Waals surface area contributed by atoms with Gasteiger partial charge in [-0.05, 0) is 88.1 Å². The quantitative estimate of drug-likeness (QED) is 0.166. The van der Waals surface area contributed by atoms with Crippen molar-refractivity contribution in [1.29, 1.82) is 0 Å². The first-order valence-corrected chi connectivity index (χ1v) is 21.0. The summed E-state index contributed by atoms with van der Waals surface area (Å²) in [6.07, 6.45) is -0.660. The number of anilines is 4. The summed E-state index contributed by atoms with van der Waals surface area (Å²) in [6.45, 7) is 3.24. The molecule has 1 unspecified atom stereocenters. The minimum absolute atomic E-state index is 0.0977. The van der Waals surface area contributed by atoms with Gasteiger partial charge in [0.15, 0.2) is 0 Å². The van der Waals surface area contributed by atoms with Crippen LogP contribution in [0.3, 0.4) is 0 Å². The number of benzene rings is 2. The molecule has 1 aliphatic carbocycles. The van der Waals surface area contributed by atoms with Crippen molar-refractivity contribution in [3.63, 3.8) is 0 Å². The molecule has 4 heterocycles. The molecule has 4 N–H and O–H groups in total. The normalized spacial score (nSPS) is 24.9. The van der Waals surface area contributed by atoms with Gasteiger partial charge in [-0.15, -0.1) is 0 Å².